The minimum atomic E-state index is -0.907. The smallest absolute Gasteiger partial charge is 0.338 e. The largest absolute Gasteiger partial charge is 0.497 e. The summed E-state index contributed by atoms with van der Waals surface area (Å²) in [6, 6.07) is 15.1. The number of hydrogen-bond donors (Lipinski definition) is 1. The molecule has 4 heteroatoms. The van der Waals surface area contributed by atoms with Crippen molar-refractivity contribution >= 4 is 16.9 Å². The van der Waals surface area contributed by atoms with Crippen molar-refractivity contribution < 1.29 is 14.6 Å². The normalized spacial score (nSPS) is 10.8. The SMILES string of the molecule is COc1ccc(-n2c(C)c(C(=O)O)c3ccccc32)cc1. The van der Waals surface area contributed by atoms with Crippen LogP contribution in [0.15, 0.2) is 48.5 Å². The molecule has 0 aliphatic heterocycles. The van der Waals surface area contributed by atoms with Gasteiger partial charge in [0.1, 0.15) is 5.75 Å². The van der Waals surface area contributed by atoms with Gasteiger partial charge in [0.25, 0.3) is 0 Å². The van der Waals surface area contributed by atoms with Gasteiger partial charge in [0.05, 0.1) is 18.2 Å². The third kappa shape index (κ3) is 2.05. The lowest BCUT2D eigenvalue weighted by Gasteiger charge is -2.09. The highest BCUT2D eigenvalue weighted by Crippen LogP contribution is 2.29. The molecule has 0 saturated carbocycles. The number of aromatic carboxylic acids is 1. The van der Waals surface area contributed by atoms with Crippen LogP contribution in [0.25, 0.3) is 16.6 Å². The summed E-state index contributed by atoms with van der Waals surface area (Å²) in [5.41, 5.74) is 2.87. The molecule has 0 aliphatic carbocycles. The van der Waals surface area contributed by atoms with Crippen LogP contribution in [-0.4, -0.2) is 22.8 Å². The highest BCUT2D eigenvalue weighted by Gasteiger charge is 2.19. The lowest BCUT2D eigenvalue weighted by Crippen LogP contribution is -2.01. The number of fused-ring (bicyclic) bond motifs is 1. The summed E-state index contributed by atoms with van der Waals surface area (Å²) in [6.45, 7) is 1.83. The fraction of sp³-hybridized carbons (Fsp3) is 0.118. The molecule has 0 saturated heterocycles. The molecule has 2 aromatic carbocycles. The van der Waals surface area contributed by atoms with Gasteiger partial charge in [-0.05, 0) is 37.3 Å². The van der Waals surface area contributed by atoms with Gasteiger partial charge in [-0.15, -0.1) is 0 Å². The van der Waals surface area contributed by atoms with E-state index in [1.807, 2.05) is 60.0 Å². The van der Waals surface area contributed by atoms with Gasteiger partial charge in [-0.25, -0.2) is 4.79 Å². The molecule has 0 bridgehead atoms. The number of para-hydroxylation sites is 1. The van der Waals surface area contributed by atoms with Gasteiger partial charge in [0, 0.05) is 16.8 Å². The first kappa shape index (κ1) is 13.2. The minimum Gasteiger partial charge on any atom is -0.497 e. The Morgan fingerprint density at radius 2 is 1.76 bits per heavy atom. The van der Waals surface area contributed by atoms with Crippen molar-refractivity contribution in [2.45, 2.75) is 6.92 Å². The van der Waals surface area contributed by atoms with Gasteiger partial charge in [-0.1, -0.05) is 18.2 Å². The highest BCUT2D eigenvalue weighted by molar-refractivity contribution is 6.05. The first-order valence-electron chi connectivity index (χ1n) is 6.61. The zero-order valence-electron chi connectivity index (χ0n) is 11.8. The van der Waals surface area contributed by atoms with E-state index >= 15 is 0 Å². The molecule has 0 amide bonds. The average molecular weight is 281 g/mol. The first-order chi connectivity index (χ1) is 10.1. The molecule has 3 aromatic rings. The summed E-state index contributed by atoms with van der Waals surface area (Å²) < 4.78 is 7.12. The second-order valence-corrected chi connectivity index (χ2v) is 4.82. The first-order valence-corrected chi connectivity index (χ1v) is 6.61. The minimum absolute atomic E-state index is 0.349. The van der Waals surface area contributed by atoms with Crippen LogP contribution in [0, 0.1) is 6.92 Å². The Balaban J connectivity index is 2.31. The van der Waals surface area contributed by atoms with E-state index < -0.39 is 5.97 Å². The molecular formula is C17H15NO3. The summed E-state index contributed by atoms with van der Waals surface area (Å²) in [5.74, 6) is -0.137. The Morgan fingerprint density at radius 3 is 2.38 bits per heavy atom. The second-order valence-electron chi connectivity index (χ2n) is 4.82. The van der Waals surface area contributed by atoms with Crippen LogP contribution in [0.3, 0.4) is 0 Å². The van der Waals surface area contributed by atoms with Crippen LogP contribution in [0.1, 0.15) is 16.1 Å². The van der Waals surface area contributed by atoms with Gasteiger partial charge >= 0.3 is 5.97 Å². The number of nitrogens with zero attached hydrogens (tertiary/aromatic N) is 1. The molecule has 21 heavy (non-hydrogen) atoms. The van der Waals surface area contributed by atoms with Crippen LogP contribution < -0.4 is 4.74 Å². The van der Waals surface area contributed by atoms with E-state index in [0.717, 1.165) is 22.3 Å². The predicted octanol–water partition coefficient (Wildman–Crippen LogP) is 3.65. The average Bonchev–Trinajstić information content (AvgIpc) is 2.79. The lowest BCUT2D eigenvalue weighted by atomic mass is 10.1. The van der Waals surface area contributed by atoms with Gasteiger partial charge in [0.15, 0.2) is 0 Å². The Labute approximate surface area is 122 Å². The van der Waals surface area contributed by atoms with Crippen molar-refractivity contribution in [1.82, 2.24) is 4.57 Å². The van der Waals surface area contributed by atoms with Gasteiger partial charge < -0.3 is 14.4 Å². The van der Waals surface area contributed by atoms with Crippen LogP contribution in [0.4, 0.5) is 0 Å². The van der Waals surface area contributed by atoms with E-state index in [2.05, 4.69) is 0 Å². The summed E-state index contributed by atoms with van der Waals surface area (Å²) >= 11 is 0. The predicted molar refractivity (Wildman–Crippen MR) is 81.5 cm³/mol. The Hall–Kier alpha value is -2.75. The summed E-state index contributed by atoms with van der Waals surface area (Å²) in [7, 11) is 1.62. The Kier molecular flexibility index (Phi) is 3.14. The van der Waals surface area contributed by atoms with E-state index in [1.54, 1.807) is 7.11 Å². The molecule has 0 atom stereocenters. The molecule has 1 aromatic heterocycles. The number of ether oxygens (including phenoxy) is 1. The molecule has 106 valence electrons. The van der Waals surface area contributed by atoms with Crippen molar-refractivity contribution in [3.05, 3.63) is 59.8 Å². The lowest BCUT2D eigenvalue weighted by molar-refractivity contribution is 0.0698. The number of carboxylic acid groups (broad SMARTS) is 1. The molecule has 0 fully saturated rings. The molecule has 0 spiro atoms. The fourth-order valence-electron chi connectivity index (χ4n) is 2.70. The van der Waals surface area contributed by atoms with Crippen LogP contribution in [-0.2, 0) is 0 Å². The topological polar surface area (TPSA) is 51.5 Å². The number of rotatable bonds is 3. The maximum absolute atomic E-state index is 11.5. The molecule has 1 heterocycles. The molecule has 4 nitrogen and oxygen atoms in total. The van der Waals surface area contributed by atoms with Crippen molar-refractivity contribution in [3.63, 3.8) is 0 Å². The van der Waals surface area contributed by atoms with Gasteiger partial charge in [-0.2, -0.15) is 0 Å². The van der Waals surface area contributed by atoms with Crippen LogP contribution in [0.5, 0.6) is 5.75 Å². The number of hydrogen-bond acceptors (Lipinski definition) is 2. The van der Waals surface area contributed by atoms with E-state index in [9.17, 15) is 9.90 Å². The fourth-order valence-corrected chi connectivity index (χ4v) is 2.70. The highest BCUT2D eigenvalue weighted by atomic mass is 16.5. The zero-order valence-corrected chi connectivity index (χ0v) is 11.8. The molecule has 0 unspecified atom stereocenters. The standard InChI is InChI=1S/C17H15NO3/c1-11-16(17(19)20)14-5-3-4-6-15(14)18(11)12-7-9-13(21-2)10-8-12/h3-10H,1-2H3,(H,19,20). The van der Waals surface area contributed by atoms with Crippen molar-refractivity contribution in [2.75, 3.05) is 7.11 Å². The number of carbonyl (C=O) groups is 1. The summed E-state index contributed by atoms with van der Waals surface area (Å²) in [5, 5.41) is 10.2. The molecule has 0 radical (unpaired) electrons. The maximum Gasteiger partial charge on any atom is 0.338 e. The van der Waals surface area contributed by atoms with Crippen LogP contribution >= 0.6 is 0 Å². The van der Waals surface area contributed by atoms with Gasteiger partial charge in [-0.3, -0.25) is 0 Å². The number of benzene rings is 2. The third-order valence-corrected chi connectivity index (χ3v) is 3.66. The second kappa shape index (κ2) is 4.98. The summed E-state index contributed by atoms with van der Waals surface area (Å²) in [4.78, 5) is 11.5. The van der Waals surface area contributed by atoms with Gasteiger partial charge in [0.2, 0.25) is 0 Å². The summed E-state index contributed by atoms with van der Waals surface area (Å²) in [6.07, 6.45) is 0. The number of methoxy groups -OCH3 is 1. The Morgan fingerprint density at radius 1 is 1.10 bits per heavy atom. The van der Waals surface area contributed by atoms with E-state index in [4.69, 9.17) is 4.74 Å². The van der Waals surface area contributed by atoms with Crippen LogP contribution in [0.2, 0.25) is 0 Å². The van der Waals surface area contributed by atoms with Crippen molar-refractivity contribution in [1.29, 1.82) is 0 Å². The molecule has 1 N–H and O–H groups in total. The van der Waals surface area contributed by atoms with E-state index in [0.29, 0.717) is 11.3 Å². The van der Waals surface area contributed by atoms with E-state index in [-0.39, 0.29) is 0 Å². The monoisotopic (exact) mass is 281 g/mol. The quantitative estimate of drug-likeness (QED) is 0.797. The Bertz CT molecular complexity index is 816. The maximum atomic E-state index is 11.5. The third-order valence-electron chi connectivity index (χ3n) is 3.66. The van der Waals surface area contributed by atoms with Crippen molar-refractivity contribution in [3.8, 4) is 11.4 Å². The number of carboxylic acids is 1. The molecular weight excluding hydrogens is 266 g/mol. The van der Waals surface area contributed by atoms with Crippen molar-refractivity contribution in [2.24, 2.45) is 0 Å². The zero-order chi connectivity index (χ0) is 15.0. The molecule has 3 rings (SSSR count). The van der Waals surface area contributed by atoms with E-state index in [1.165, 1.54) is 0 Å². The molecule has 0 aliphatic rings. The number of aromatic nitrogens is 1.